The van der Waals surface area contributed by atoms with Crippen LogP contribution in [0.1, 0.15) is 49.1 Å². The van der Waals surface area contributed by atoms with E-state index >= 15 is 0 Å². The largest absolute Gasteiger partial charge is 0.507 e. The van der Waals surface area contributed by atoms with Crippen LogP contribution in [0, 0.1) is 5.92 Å². The van der Waals surface area contributed by atoms with Crippen LogP contribution in [0.3, 0.4) is 0 Å². The van der Waals surface area contributed by atoms with Crippen molar-refractivity contribution in [1.29, 1.82) is 0 Å². The first-order chi connectivity index (χ1) is 10.2. The summed E-state index contributed by atoms with van der Waals surface area (Å²) in [7, 11) is 1.38. The van der Waals surface area contributed by atoms with E-state index in [4.69, 9.17) is 0 Å². The zero-order valence-electron chi connectivity index (χ0n) is 12.4. The van der Waals surface area contributed by atoms with Crippen molar-refractivity contribution in [3.63, 3.8) is 0 Å². The number of rotatable bonds is 6. The van der Waals surface area contributed by atoms with Crippen molar-refractivity contribution < 1.29 is 19.4 Å². The Morgan fingerprint density at radius 1 is 1.43 bits per heavy atom. The Bertz CT molecular complexity index is 510. The summed E-state index contributed by atoms with van der Waals surface area (Å²) in [6.07, 6.45) is 5.52. The van der Waals surface area contributed by atoms with Crippen molar-refractivity contribution in [1.82, 2.24) is 0 Å². The number of methoxy groups -OCH3 is 1. The maximum atomic E-state index is 11.1. The average Bonchev–Trinajstić information content (AvgIpc) is 2.97. The predicted molar refractivity (Wildman–Crippen MR) is 79.2 cm³/mol. The van der Waals surface area contributed by atoms with Gasteiger partial charge in [0.1, 0.15) is 12.0 Å². The van der Waals surface area contributed by atoms with Gasteiger partial charge < -0.3 is 14.6 Å². The van der Waals surface area contributed by atoms with Crippen LogP contribution in [0.2, 0.25) is 0 Å². The van der Waals surface area contributed by atoms with E-state index in [1.54, 1.807) is 0 Å². The van der Waals surface area contributed by atoms with Crippen LogP contribution < -0.4 is 0 Å². The molecule has 2 atom stereocenters. The molecular formula is C17H22O4. The molecule has 0 saturated heterocycles. The van der Waals surface area contributed by atoms with E-state index in [1.165, 1.54) is 7.11 Å². The summed E-state index contributed by atoms with van der Waals surface area (Å²) < 4.78 is 4.61. The summed E-state index contributed by atoms with van der Waals surface area (Å²) in [6, 6.07) is 5.70. The van der Waals surface area contributed by atoms with E-state index in [0.29, 0.717) is 25.0 Å². The van der Waals surface area contributed by atoms with E-state index in [1.807, 2.05) is 18.2 Å². The van der Waals surface area contributed by atoms with Gasteiger partial charge in [-0.2, -0.15) is 0 Å². The Morgan fingerprint density at radius 2 is 2.24 bits per heavy atom. The molecule has 4 heteroatoms. The van der Waals surface area contributed by atoms with Crippen molar-refractivity contribution >= 4 is 12.3 Å². The lowest BCUT2D eigenvalue weighted by Crippen LogP contribution is -2.08. The molecule has 0 aromatic heterocycles. The molecular weight excluding hydrogens is 268 g/mol. The Labute approximate surface area is 125 Å². The first-order valence-corrected chi connectivity index (χ1v) is 7.50. The second kappa shape index (κ2) is 7.25. The van der Waals surface area contributed by atoms with Gasteiger partial charge in [-0.25, -0.2) is 0 Å². The SMILES string of the molecule is COC(=O)CCCc1cccc([C@H]2CCC[C@@H]2C=O)c1O. The van der Waals surface area contributed by atoms with Gasteiger partial charge in [0, 0.05) is 12.3 Å². The monoisotopic (exact) mass is 290 g/mol. The maximum Gasteiger partial charge on any atom is 0.305 e. The summed E-state index contributed by atoms with van der Waals surface area (Å²) >= 11 is 0. The van der Waals surface area contributed by atoms with Crippen LogP contribution in [-0.2, 0) is 20.7 Å². The van der Waals surface area contributed by atoms with Gasteiger partial charge in [0.05, 0.1) is 7.11 Å². The molecule has 1 saturated carbocycles. The third kappa shape index (κ3) is 3.63. The van der Waals surface area contributed by atoms with Gasteiger partial charge in [0.15, 0.2) is 0 Å². The Balaban J connectivity index is 2.09. The van der Waals surface area contributed by atoms with E-state index in [9.17, 15) is 14.7 Å². The van der Waals surface area contributed by atoms with Gasteiger partial charge in [0.2, 0.25) is 0 Å². The second-order valence-corrected chi connectivity index (χ2v) is 5.62. The predicted octanol–water partition coefficient (Wildman–Crippen LogP) is 2.97. The highest BCUT2D eigenvalue weighted by molar-refractivity contribution is 5.69. The lowest BCUT2D eigenvalue weighted by molar-refractivity contribution is -0.140. The molecule has 0 unspecified atom stereocenters. The summed E-state index contributed by atoms with van der Waals surface area (Å²) in [4.78, 5) is 22.3. The Kier molecular flexibility index (Phi) is 5.37. The third-order valence-corrected chi connectivity index (χ3v) is 4.35. The van der Waals surface area contributed by atoms with Crippen molar-refractivity contribution in [2.24, 2.45) is 5.92 Å². The van der Waals surface area contributed by atoms with Gasteiger partial charge in [-0.3, -0.25) is 4.79 Å². The topological polar surface area (TPSA) is 63.6 Å². The number of aromatic hydroxyl groups is 1. The summed E-state index contributed by atoms with van der Waals surface area (Å²) in [6.45, 7) is 0. The molecule has 0 heterocycles. The van der Waals surface area contributed by atoms with Crippen LogP contribution in [0.4, 0.5) is 0 Å². The average molecular weight is 290 g/mol. The molecule has 1 aromatic rings. The quantitative estimate of drug-likeness (QED) is 0.646. The standard InChI is InChI=1S/C17H22O4/c1-21-16(19)10-4-6-12-5-2-9-15(17(12)20)14-8-3-7-13(14)11-18/h2,5,9,11,13-14,20H,3-4,6-8,10H2,1H3/t13-,14+/m1/s1. The first kappa shape index (κ1) is 15.5. The molecule has 21 heavy (non-hydrogen) atoms. The van der Waals surface area contributed by atoms with Gasteiger partial charge in [-0.05, 0) is 42.7 Å². The number of para-hydroxylation sites is 1. The fraction of sp³-hybridized carbons (Fsp3) is 0.529. The number of carbonyl (C=O) groups is 2. The number of phenols is 1. The number of phenolic OH excluding ortho intramolecular Hbond substituents is 1. The number of benzene rings is 1. The number of aryl methyl sites for hydroxylation is 1. The van der Waals surface area contributed by atoms with E-state index < -0.39 is 0 Å². The molecule has 4 nitrogen and oxygen atoms in total. The second-order valence-electron chi connectivity index (χ2n) is 5.62. The van der Waals surface area contributed by atoms with E-state index in [2.05, 4.69) is 4.74 Å². The normalized spacial score (nSPS) is 21.2. The smallest absolute Gasteiger partial charge is 0.305 e. The minimum atomic E-state index is -0.234. The molecule has 1 aromatic carbocycles. The molecule has 1 fully saturated rings. The molecule has 2 rings (SSSR count). The van der Waals surface area contributed by atoms with Gasteiger partial charge in [-0.15, -0.1) is 0 Å². The molecule has 1 N–H and O–H groups in total. The van der Waals surface area contributed by atoms with Crippen LogP contribution in [0.15, 0.2) is 18.2 Å². The minimum absolute atomic E-state index is 0.0150. The number of hydrogen-bond donors (Lipinski definition) is 1. The highest BCUT2D eigenvalue weighted by Crippen LogP contribution is 2.42. The minimum Gasteiger partial charge on any atom is -0.507 e. The Morgan fingerprint density at radius 3 is 2.95 bits per heavy atom. The zero-order chi connectivity index (χ0) is 15.2. The molecule has 0 bridgehead atoms. The van der Waals surface area contributed by atoms with E-state index in [-0.39, 0.29) is 17.8 Å². The fourth-order valence-electron chi connectivity index (χ4n) is 3.18. The number of ether oxygens (including phenoxy) is 1. The summed E-state index contributed by atoms with van der Waals surface area (Å²) in [5, 5.41) is 10.5. The van der Waals surface area contributed by atoms with Crippen molar-refractivity contribution in [3.05, 3.63) is 29.3 Å². The number of hydrogen-bond acceptors (Lipinski definition) is 4. The van der Waals surface area contributed by atoms with Gasteiger partial charge in [-0.1, -0.05) is 24.6 Å². The van der Waals surface area contributed by atoms with Crippen LogP contribution in [-0.4, -0.2) is 24.5 Å². The van der Waals surface area contributed by atoms with Crippen LogP contribution in [0.25, 0.3) is 0 Å². The number of aldehydes is 1. The molecule has 0 radical (unpaired) electrons. The molecule has 114 valence electrons. The van der Waals surface area contributed by atoms with Crippen molar-refractivity contribution in [2.45, 2.75) is 44.4 Å². The summed E-state index contributed by atoms with van der Waals surface area (Å²) in [5.41, 5.74) is 1.72. The molecule has 1 aliphatic rings. The van der Waals surface area contributed by atoms with Gasteiger partial charge in [0.25, 0.3) is 0 Å². The van der Waals surface area contributed by atoms with Crippen LogP contribution >= 0.6 is 0 Å². The zero-order valence-corrected chi connectivity index (χ0v) is 12.4. The molecule has 0 spiro atoms. The number of esters is 1. The van der Waals surface area contributed by atoms with Crippen molar-refractivity contribution in [3.8, 4) is 5.75 Å². The third-order valence-electron chi connectivity index (χ3n) is 4.35. The highest BCUT2D eigenvalue weighted by atomic mass is 16.5. The fourth-order valence-corrected chi connectivity index (χ4v) is 3.18. The summed E-state index contributed by atoms with van der Waals surface area (Å²) in [5.74, 6) is 0.202. The Hall–Kier alpha value is -1.84. The first-order valence-electron chi connectivity index (χ1n) is 7.50. The van der Waals surface area contributed by atoms with E-state index in [0.717, 1.165) is 36.7 Å². The molecule has 0 aliphatic heterocycles. The van der Waals surface area contributed by atoms with Crippen molar-refractivity contribution in [2.75, 3.05) is 7.11 Å². The van der Waals surface area contributed by atoms with Crippen LogP contribution in [0.5, 0.6) is 5.75 Å². The lowest BCUT2D eigenvalue weighted by atomic mass is 9.87. The lowest BCUT2D eigenvalue weighted by Gasteiger charge is -2.18. The highest BCUT2D eigenvalue weighted by Gasteiger charge is 2.30. The molecule has 1 aliphatic carbocycles. The van der Waals surface area contributed by atoms with Gasteiger partial charge >= 0.3 is 5.97 Å². The molecule has 0 amide bonds. The maximum absolute atomic E-state index is 11.1. The number of carbonyl (C=O) groups excluding carboxylic acids is 2.